The number of aromatic nitrogens is 1. The summed E-state index contributed by atoms with van der Waals surface area (Å²) in [6.45, 7) is 1.06. The van der Waals surface area contributed by atoms with Crippen molar-refractivity contribution in [2.24, 2.45) is 5.10 Å². The third-order valence-corrected chi connectivity index (χ3v) is 3.71. The van der Waals surface area contributed by atoms with Gasteiger partial charge in [0.25, 0.3) is 0 Å². The molecule has 1 unspecified atom stereocenters. The lowest BCUT2D eigenvalue weighted by Crippen LogP contribution is -2.41. The van der Waals surface area contributed by atoms with Crippen LogP contribution in [0.5, 0.6) is 0 Å². The van der Waals surface area contributed by atoms with Crippen LogP contribution in [0.15, 0.2) is 35.6 Å². The highest BCUT2D eigenvalue weighted by molar-refractivity contribution is 6.35. The van der Waals surface area contributed by atoms with E-state index in [2.05, 4.69) is 20.8 Å². The predicted octanol–water partition coefficient (Wildman–Crippen LogP) is 0.913. The number of amides is 2. The molecule has 1 aromatic carbocycles. The second kappa shape index (κ2) is 7.06. The first-order chi connectivity index (χ1) is 11.2. The third-order valence-electron chi connectivity index (χ3n) is 3.71. The van der Waals surface area contributed by atoms with Crippen LogP contribution < -0.4 is 10.7 Å². The fourth-order valence-corrected chi connectivity index (χ4v) is 2.50. The van der Waals surface area contributed by atoms with Crippen molar-refractivity contribution in [2.75, 3.05) is 13.2 Å². The molecule has 1 saturated heterocycles. The molecule has 0 spiro atoms. The van der Waals surface area contributed by atoms with Gasteiger partial charge in [0.2, 0.25) is 0 Å². The lowest BCUT2D eigenvalue weighted by Gasteiger charge is -2.09. The van der Waals surface area contributed by atoms with Crippen molar-refractivity contribution < 1.29 is 14.3 Å². The van der Waals surface area contributed by atoms with Gasteiger partial charge in [-0.1, -0.05) is 18.2 Å². The highest BCUT2D eigenvalue weighted by Gasteiger charge is 2.18. The number of hydrazone groups is 1. The average molecular weight is 314 g/mol. The molecule has 7 nitrogen and oxygen atoms in total. The minimum Gasteiger partial charge on any atom is -0.376 e. The molecular formula is C16H18N4O3. The number of fused-ring (bicyclic) bond motifs is 1. The zero-order valence-electron chi connectivity index (χ0n) is 12.5. The predicted molar refractivity (Wildman–Crippen MR) is 86.0 cm³/mol. The number of ether oxygens (including phenoxy) is 1. The number of aromatic amines is 1. The van der Waals surface area contributed by atoms with E-state index < -0.39 is 11.8 Å². The van der Waals surface area contributed by atoms with E-state index in [-0.39, 0.29) is 6.10 Å². The molecule has 7 heteroatoms. The molecule has 1 aliphatic heterocycles. The maximum absolute atomic E-state index is 11.7. The molecule has 0 bridgehead atoms. The molecule has 2 heterocycles. The summed E-state index contributed by atoms with van der Waals surface area (Å²) in [6.07, 6.45) is 5.19. The van der Waals surface area contributed by atoms with Crippen LogP contribution in [-0.2, 0) is 14.3 Å². The largest absolute Gasteiger partial charge is 0.376 e. The van der Waals surface area contributed by atoms with E-state index >= 15 is 0 Å². The summed E-state index contributed by atoms with van der Waals surface area (Å²) in [5.41, 5.74) is 4.04. The SMILES string of the molecule is O=C(NCC1CCCO1)C(=O)NN=Cc1c[nH]c2ccccc12. The molecule has 3 N–H and O–H groups in total. The molecule has 1 aliphatic rings. The Morgan fingerprint density at radius 3 is 3.04 bits per heavy atom. The Bertz CT molecular complexity index is 732. The van der Waals surface area contributed by atoms with Gasteiger partial charge in [-0.05, 0) is 18.9 Å². The summed E-state index contributed by atoms with van der Waals surface area (Å²) in [7, 11) is 0. The Morgan fingerprint density at radius 2 is 2.22 bits per heavy atom. The van der Waals surface area contributed by atoms with E-state index in [0.717, 1.165) is 29.3 Å². The van der Waals surface area contributed by atoms with Gasteiger partial charge in [0.05, 0.1) is 12.3 Å². The summed E-state index contributed by atoms with van der Waals surface area (Å²) >= 11 is 0. The molecule has 2 aromatic rings. The maximum atomic E-state index is 11.7. The van der Waals surface area contributed by atoms with Crippen LogP contribution in [-0.4, -0.2) is 42.3 Å². The number of para-hydroxylation sites is 1. The van der Waals surface area contributed by atoms with Crippen LogP contribution >= 0.6 is 0 Å². The van der Waals surface area contributed by atoms with E-state index in [0.29, 0.717) is 13.2 Å². The summed E-state index contributed by atoms with van der Waals surface area (Å²) < 4.78 is 5.37. The van der Waals surface area contributed by atoms with Crippen LogP contribution in [0.4, 0.5) is 0 Å². The smallest absolute Gasteiger partial charge is 0.329 e. The molecule has 0 aliphatic carbocycles. The number of nitrogens with zero attached hydrogens (tertiary/aromatic N) is 1. The van der Waals surface area contributed by atoms with Gasteiger partial charge in [-0.2, -0.15) is 5.10 Å². The molecular weight excluding hydrogens is 296 g/mol. The number of carbonyl (C=O) groups is 2. The van der Waals surface area contributed by atoms with Crippen molar-refractivity contribution in [3.05, 3.63) is 36.0 Å². The number of hydrogen-bond acceptors (Lipinski definition) is 4. The zero-order valence-corrected chi connectivity index (χ0v) is 12.5. The minimum atomic E-state index is -0.793. The first kappa shape index (κ1) is 15.2. The quantitative estimate of drug-likeness (QED) is 0.445. The fraction of sp³-hybridized carbons (Fsp3) is 0.312. The van der Waals surface area contributed by atoms with Crippen molar-refractivity contribution in [1.82, 2.24) is 15.7 Å². The average Bonchev–Trinajstić information content (AvgIpc) is 3.22. The van der Waals surface area contributed by atoms with Gasteiger partial charge in [0, 0.05) is 35.8 Å². The van der Waals surface area contributed by atoms with E-state index in [1.807, 2.05) is 24.3 Å². The van der Waals surface area contributed by atoms with Gasteiger partial charge in [0.1, 0.15) is 0 Å². The normalized spacial score (nSPS) is 17.7. The second-order valence-corrected chi connectivity index (χ2v) is 5.33. The van der Waals surface area contributed by atoms with E-state index in [1.54, 1.807) is 6.20 Å². The van der Waals surface area contributed by atoms with E-state index in [1.165, 1.54) is 6.21 Å². The number of hydrogen-bond donors (Lipinski definition) is 3. The van der Waals surface area contributed by atoms with Crippen LogP contribution in [0.1, 0.15) is 18.4 Å². The molecule has 2 amide bonds. The first-order valence-electron chi connectivity index (χ1n) is 7.53. The molecule has 1 atom stereocenters. The first-order valence-corrected chi connectivity index (χ1v) is 7.53. The molecule has 120 valence electrons. The Morgan fingerprint density at radius 1 is 1.35 bits per heavy atom. The van der Waals surface area contributed by atoms with Crippen molar-refractivity contribution in [2.45, 2.75) is 18.9 Å². The molecule has 3 rings (SSSR count). The lowest BCUT2D eigenvalue weighted by atomic mass is 10.2. The number of nitrogens with one attached hydrogen (secondary N) is 3. The van der Waals surface area contributed by atoms with Gasteiger partial charge < -0.3 is 15.0 Å². The van der Waals surface area contributed by atoms with Gasteiger partial charge in [0.15, 0.2) is 0 Å². The summed E-state index contributed by atoms with van der Waals surface area (Å²) in [5.74, 6) is -1.50. The monoisotopic (exact) mass is 314 g/mol. The van der Waals surface area contributed by atoms with Crippen molar-refractivity contribution in [3.8, 4) is 0 Å². The summed E-state index contributed by atoms with van der Waals surface area (Å²) in [6, 6.07) is 7.75. The highest BCUT2D eigenvalue weighted by Crippen LogP contribution is 2.15. The number of benzene rings is 1. The summed E-state index contributed by atoms with van der Waals surface area (Å²) in [5, 5.41) is 7.36. The zero-order chi connectivity index (χ0) is 16.1. The maximum Gasteiger partial charge on any atom is 0.329 e. The van der Waals surface area contributed by atoms with Crippen LogP contribution in [0.2, 0.25) is 0 Å². The Hall–Kier alpha value is -2.67. The third kappa shape index (κ3) is 3.75. The van der Waals surface area contributed by atoms with Crippen LogP contribution in [0.25, 0.3) is 10.9 Å². The standard InChI is InChI=1S/C16H18N4O3/c21-15(18-10-12-4-3-7-23-12)16(22)20-19-9-11-8-17-14-6-2-1-5-13(11)14/h1-2,5-6,8-9,12,17H,3-4,7,10H2,(H,18,21)(H,20,22). The number of rotatable bonds is 4. The Labute approximate surface area is 133 Å². The van der Waals surface area contributed by atoms with Crippen LogP contribution in [0.3, 0.4) is 0 Å². The number of H-pyrrole nitrogens is 1. The molecule has 0 radical (unpaired) electrons. The summed E-state index contributed by atoms with van der Waals surface area (Å²) in [4.78, 5) is 26.4. The molecule has 0 saturated carbocycles. The Kier molecular flexibility index (Phi) is 4.68. The molecule has 1 fully saturated rings. The topological polar surface area (TPSA) is 95.6 Å². The highest BCUT2D eigenvalue weighted by atomic mass is 16.5. The van der Waals surface area contributed by atoms with E-state index in [9.17, 15) is 9.59 Å². The van der Waals surface area contributed by atoms with Crippen molar-refractivity contribution in [3.63, 3.8) is 0 Å². The second-order valence-electron chi connectivity index (χ2n) is 5.33. The van der Waals surface area contributed by atoms with Gasteiger partial charge in [-0.25, -0.2) is 5.43 Å². The van der Waals surface area contributed by atoms with E-state index in [4.69, 9.17) is 4.74 Å². The van der Waals surface area contributed by atoms with Gasteiger partial charge in [-0.3, -0.25) is 9.59 Å². The minimum absolute atomic E-state index is 0.00136. The van der Waals surface area contributed by atoms with Crippen LogP contribution in [0, 0.1) is 0 Å². The lowest BCUT2D eigenvalue weighted by molar-refractivity contribution is -0.139. The fourth-order valence-electron chi connectivity index (χ4n) is 2.50. The molecule has 1 aromatic heterocycles. The van der Waals surface area contributed by atoms with Gasteiger partial charge >= 0.3 is 11.8 Å². The van der Waals surface area contributed by atoms with Crippen molar-refractivity contribution >= 4 is 28.9 Å². The molecule has 23 heavy (non-hydrogen) atoms. The Balaban J connectivity index is 1.50. The number of carbonyl (C=O) groups excluding carboxylic acids is 2. The van der Waals surface area contributed by atoms with Gasteiger partial charge in [-0.15, -0.1) is 0 Å². The van der Waals surface area contributed by atoms with Crippen molar-refractivity contribution in [1.29, 1.82) is 0 Å².